The first kappa shape index (κ1) is 17.8. The average Bonchev–Trinajstić information content (AvgIpc) is 3.17. The molecule has 0 amide bonds. The van der Waals surface area contributed by atoms with Gasteiger partial charge in [-0.25, -0.2) is 9.78 Å². The van der Waals surface area contributed by atoms with Gasteiger partial charge in [0, 0.05) is 18.8 Å². The topological polar surface area (TPSA) is 75.1 Å². The van der Waals surface area contributed by atoms with Crippen molar-refractivity contribution in [3.8, 4) is 17.0 Å². The van der Waals surface area contributed by atoms with Crippen LogP contribution in [0.5, 0.6) is 5.75 Å². The summed E-state index contributed by atoms with van der Waals surface area (Å²) in [5, 5.41) is 4.06. The molecule has 144 valence electrons. The summed E-state index contributed by atoms with van der Waals surface area (Å²) < 4.78 is 49.0. The highest BCUT2D eigenvalue weighted by Gasteiger charge is 2.31. The van der Waals surface area contributed by atoms with E-state index in [4.69, 9.17) is 4.42 Å². The average molecular weight is 390 g/mol. The molecule has 1 aromatic carbocycles. The molecule has 28 heavy (non-hydrogen) atoms. The van der Waals surface area contributed by atoms with Gasteiger partial charge in [0.1, 0.15) is 5.75 Å². The van der Waals surface area contributed by atoms with Gasteiger partial charge in [-0.3, -0.25) is 9.25 Å². The van der Waals surface area contributed by atoms with Crippen LogP contribution >= 0.6 is 0 Å². The van der Waals surface area contributed by atoms with Crippen LogP contribution in [0, 0.1) is 0 Å². The number of alkyl halides is 3. The second kappa shape index (κ2) is 6.55. The summed E-state index contributed by atoms with van der Waals surface area (Å²) in [7, 11) is 1.76. The molecule has 0 fully saturated rings. The van der Waals surface area contributed by atoms with E-state index in [9.17, 15) is 18.0 Å². The highest BCUT2D eigenvalue weighted by molar-refractivity contribution is 5.73. The summed E-state index contributed by atoms with van der Waals surface area (Å²) in [6.45, 7) is 0.219. The number of hydrogen-bond donors (Lipinski definition) is 0. The van der Waals surface area contributed by atoms with Crippen molar-refractivity contribution in [3.05, 3.63) is 64.9 Å². The molecular weight excluding hydrogens is 377 g/mol. The standard InChI is InChI=1S/C18H13F3N4O3/c1-24-12(8-9-22-24)10-25-16-15(27-17(25)26)7-6-14(23-16)11-2-4-13(5-3-11)28-18(19,20)21/h2-9H,10H2,1H3. The van der Waals surface area contributed by atoms with Crippen molar-refractivity contribution in [1.29, 1.82) is 0 Å². The summed E-state index contributed by atoms with van der Waals surface area (Å²) >= 11 is 0. The Morgan fingerprint density at radius 1 is 1.11 bits per heavy atom. The van der Waals surface area contributed by atoms with E-state index in [0.29, 0.717) is 22.5 Å². The fourth-order valence-electron chi connectivity index (χ4n) is 2.79. The number of hydrogen-bond acceptors (Lipinski definition) is 5. The largest absolute Gasteiger partial charge is 0.573 e. The van der Waals surface area contributed by atoms with Gasteiger partial charge in [0.15, 0.2) is 11.2 Å². The minimum Gasteiger partial charge on any atom is -0.406 e. The number of benzene rings is 1. The predicted molar refractivity (Wildman–Crippen MR) is 92.7 cm³/mol. The van der Waals surface area contributed by atoms with Gasteiger partial charge in [0.25, 0.3) is 0 Å². The molecule has 3 aromatic heterocycles. The molecule has 0 saturated carbocycles. The zero-order valence-corrected chi connectivity index (χ0v) is 14.5. The minimum atomic E-state index is -4.75. The Kier molecular flexibility index (Phi) is 4.17. The number of nitrogens with zero attached hydrogens (tertiary/aromatic N) is 4. The third-order valence-corrected chi connectivity index (χ3v) is 4.14. The van der Waals surface area contributed by atoms with E-state index >= 15 is 0 Å². The highest BCUT2D eigenvalue weighted by atomic mass is 19.4. The zero-order chi connectivity index (χ0) is 19.9. The molecule has 0 bridgehead atoms. The zero-order valence-electron chi connectivity index (χ0n) is 14.5. The van der Waals surface area contributed by atoms with E-state index in [1.807, 2.05) is 0 Å². The summed E-state index contributed by atoms with van der Waals surface area (Å²) in [6.07, 6.45) is -3.14. The fraction of sp³-hybridized carbons (Fsp3) is 0.167. The van der Waals surface area contributed by atoms with Gasteiger partial charge in [-0.1, -0.05) is 0 Å². The van der Waals surface area contributed by atoms with E-state index in [-0.39, 0.29) is 12.3 Å². The Hall–Kier alpha value is -3.56. The van der Waals surface area contributed by atoms with E-state index < -0.39 is 12.1 Å². The second-order valence-corrected chi connectivity index (χ2v) is 5.99. The molecule has 0 aliphatic carbocycles. The minimum absolute atomic E-state index is 0.219. The molecule has 0 N–H and O–H groups in total. The molecule has 10 heteroatoms. The van der Waals surface area contributed by atoms with Crippen molar-refractivity contribution in [1.82, 2.24) is 19.3 Å². The first-order valence-electron chi connectivity index (χ1n) is 8.13. The Balaban J connectivity index is 1.70. The molecule has 4 aromatic rings. The molecule has 0 unspecified atom stereocenters. The maximum Gasteiger partial charge on any atom is 0.573 e. The van der Waals surface area contributed by atoms with Crippen molar-refractivity contribution in [2.45, 2.75) is 12.9 Å². The van der Waals surface area contributed by atoms with Crippen LogP contribution in [-0.2, 0) is 13.6 Å². The molecule has 0 radical (unpaired) electrons. The first-order valence-corrected chi connectivity index (χ1v) is 8.13. The summed E-state index contributed by atoms with van der Waals surface area (Å²) in [4.78, 5) is 16.7. The van der Waals surface area contributed by atoms with E-state index in [1.54, 1.807) is 36.1 Å². The van der Waals surface area contributed by atoms with Crippen molar-refractivity contribution in [2.24, 2.45) is 7.05 Å². The Morgan fingerprint density at radius 3 is 2.50 bits per heavy atom. The number of rotatable bonds is 4. The Labute approximate surface area is 155 Å². The van der Waals surface area contributed by atoms with Crippen LogP contribution in [0.2, 0.25) is 0 Å². The van der Waals surface area contributed by atoms with Gasteiger partial charge < -0.3 is 9.15 Å². The third-order valence-electron chi connectivity index (χ3n) is 4.14. The first-order chi connectivity index (χ1) is 13.3. The molecule has 0 atom stereocenters. The maximum atomic E-state index is 12.3. The molecular formula is C18H13F3N4O3. The number of halogens is 3. The normalized spacial score (nSPS) is 11.9. The number of oxazole rings is 1. The van der Waals surface area contributed by atoms with E-state index in [0.717, 1.165) is 5.69 Å². The van der Waals surface area contributed by atoms with Crippen LogP contribution in [0.25, 0.3) is 22.5 Å². The van der Waals surface area contributed by atoms with Gasteiger partial charge in [0.2, 0.25) is 0 Å². The van der Waals surface area contributed by atoms with Crippen molar-refractivity contribution in [2.75, 3.05) is 0 Å². The molecule has 0 saturated heterocycles. The lowest BCUT2D eigenvalue weighted by Crippen LogP contribution is -2.17. The highest BCUT2D eigenvalue weighted by Crippen LogP contribution is 2.26. The Bertz CT molecular complexity index is 1190. The number of aromatic nitrogens is 4. The summed E-state index contributed by atoms with van der Waals surface area (Å²) in [5.74, 6) is -0.886. The molecule has 0 aliphatic rings. The van der Waals surface area contributed by atoms with Crippen LogP contribution in [0.4, 0.5) is 13.2 Å². The van der Waals surface area contributed by atoms with Gasteiger partial charge in [-0.05, 0) is 42.5 Å². The molecule has 4 rings (SSSR count). The lowest BCUT2D eigenvalue weighted by molar-refractivity contribution is -0.274. The van der Waals surface area contributed by atoms with Gasteiger partial charge in [0.05, 0.1) is 17.9 Å². The fourth-order valence-corrected chi connectivity index (χ4v) is 2.79. The van der Waals surface area contributed by atoms with Gasteiger partial charge >= 0.3 is 12.1 Å². The lowest BCUT2D eigenvalue weighted by atomic mass is 10.1. The number of aryl methyl sites for hydroxylation is 1. The second-order valence-electron chi connectivity index (χ2n) is 5.99. The van der Waals surface area contributed by atoms with Crippen molar-refractivity contribution in [3.63, 3.8) is 0 Å². The summed E-state index contributed by atoms with van der Waals surface area (Å²) in [5.41, 5.74) is 2.47. The monoisotopic (exact) mass is 390 g/mol. The van der Waals surface area contributed by atoms with Crippen LogP contribution in [0.3, 0.4) is 0 Å². The quantitative estimate of drug-likeness (QED) is 0.534. The molecule has 0 spiro atoms. The molecule has 7 nitrogen and oxygen atoms in total. The SMILES string of the molecule is Cn1nccc1Cn1c(=O)oc2ccc(-c3ccc(OC(F)(F)F)cc3)nc21. The number of fused-ring (bicyclic) bond motifs is 1. The molecule has 3 heterocycles. The van der Waals surface area contributed by atoms with Crippen LogP contribution in [0.15, 0.2) is 57.9 Å². The van der Waals surface area contributed by atoms with E-state index in [1.165, 1.54) is 28.8 Å². The van der Waals surface area contributed by atoms with Crippen LogP contribution in [0.1, 0.15) is 5.69 Å². The van der Waals surface area contributed by atoms with E-state index in [2.05, 4.69) is 14.8 Å². The Morgan fingerprint density at radius 2 is 1.86 bits per heavy atom. The van der Waals surface area contributed by atoms with Gasteiger partial charge in [-0.15, -0.1) is 13.2 Å². The molecule has 0 aliphatic heterocycles. The maximum absolute atomic E-state index is 12.3. The predicted octanol–water partition coefficient (Wildman–Crippen LogP) is 3.34. The third kappa shape index (κ3) is 3.48. The van der Waals surface area contributed by atoms with Crippen molar-refractivity contribution >= 4 is 11.2 Å². The van der Waals surface area contributed by atoms with Gasteiger partial charge in [-0.2, -0.15) is 5.10 Å². The number of ether oxygens (including phenoxy) is 1. The van der Waals surface area contributed by atoms with Crippen LogP contribution in [-0.4, -0.2) is 25.7 Å². The summed E-state index contributed by atoms with van der Waals surface area (Å²) in [6, 6.07) is 10.3. The lowest BCUT2D eigenvalue weighted by Gasteiger charge is -2.09. The van der Waals surface area contributed by atoms with Crippen LogP contribution < -0.4 is 10.5 Å². The number of pyridine rings is 1. The van der Waals surface area contributed by atoms with Crippen molar-refractivity contribution < 1.29 is 22.3 Å². The smallest absolute Gasteiger partial charge is 0.406 e.